The zero-order valence-electron chi connectivity index (χ0n) is 10.5. The molecule has 0 aliphatic rings. The number of hydrogen-bond donors (Lipinski definition) is 1. The van der Waals surface area contributed by atoms with E-state index in [1.807, 2.05) is 0 Å². The highest BCUT2D eigenvalue weighted by Gasteiger charge is 2.24. The van der Waals surface area contributed by atoms with Crippen molar-refractivity contribution in [1.29, 1.82) is 0 Å². The zero-order valence-corrected chi connectivity index (χ0v) is 12.0. The maximum absolute atomic E-state index is 12.4. The number of nitrogens with one attached hydrogen (secondary N) is 1. The summed E-state index contributed by atoms with van der Waals surface area (Å²) in [5.74, 6) is 0.478. The van der Waals surface area contributed by atoms with Gasteiger partial charge >= 0.3 is 0 Å². The molecule has 1 aromatic carbocycles. The fourth-order valence-electron chi connectivity index (χ4n) is 1.64. The van der Waals surface area contributed by atoms with E-state index < -0.39 is 10.0 Å². The maximum atomic E-state index is 12.4. The van der Waals surface area contributed by atoms with Crippen molar-refractivity contribution in [3.8, 4) is 0 Å². The molecule has 1 aromatic heterocycles. The predicted molar refractivity (Wildman–Crippen MR) is 71.2 cm³/mol. The molecule has 1 N–H and O–H groups in total. The smallest absolute Gasteiger partial charge is 0.243 e. The summed E-state index contributed by atoms with van der Waals surface area (Å²) < 4.78 is 26.1. The Morgan fingerprint density at radius 1 is 1.42 bits per heavy atom. The molecule has 0 fully saturated rings. The van der Waals surface area contributed by atoms with Crippen LogP contribution in [0.1, 0.15) is 11.4 Å². The van der Waals surface area contributed by atoms with Gasteiger partial charge in [-0.15, -0.1) is 0 Å². The molecule has 0 bridgehead atoms. The van der Waals surface area contributed by atoms with Gasteiger partial charge in [0.25, 0.3) is 0 Å². The first-order valence-corrected chi connectivity index (χ1v) is 7.30. The molecule has 102 valence electrons. The minimum absolute atomic E-state index is 0.119. The summed E-state index contributed by atoms with van der Waals surface area (Å²) in [6, 6.07) is 4.81. The number of aromatic amines is 1. The molecule has 0 atom stereocenters. The van der Waals surface area contributed by atoms with E-state index in [0.29, 0.717) is 16.4 Å². The Balaban J connectivity index is 2.34. The monoisotopic (exact) mass is 300 g/mol. The van der Waals surface area contributed by atoms with Crippen molar-refractivity contribution >= 4 is 21.6 Å². The van der Waals surface area contributed by atoms with E-state index in [-0.39, 0.29) is 11.4 Å². The summed E-state index contributed by atoms with van der Waals surface area (Å²) in [5.41, 5.74) is 0.536. The highest BCUT2D eigenvalue weighted by Crippen LogP contribution is 2.25. The number of halogens is 1. The molecule has 0 amide bonds. The van der Waals surface area contributed by atoms with Crippen LogP contribution >= 0.6 is 11.6 Å². The second kappa shape index (κ2) is 5.28. The fourth-order valence-corrected chi connectivity index (χ4v) is 3.24. The van der Waals surface area contributed by atoms with Gasteiger partial charge in [0.15, 0.2) is 0 Å². The van der Waals surface area contributed by atoms with Gasteiger partial charge in [-0.3, -0.25) is 5.10 Å². The molecule has 0 unspecified atom stereocenters. The number of nitrogens with zero attached hydrogens (tertiary/aromatic N) is 3. The third-order valence-electron chi connectivity index (χ3n) is 2.74. The third-order valence-corrected chi connectivity index (χ3v) is 5.10. The Morgan fingerprint density at radius 3 is 2.79 bits per heavy atom. The van der Waals surface area contributed by atoms with Crippen LogP contribution in [-0.2, 0) is 16.6 Å². The van der Waals surface area contributed by atoms with Gasteiger partial charge in [-0.05, 0) is 24.6 Å². The second-order valence-corrected chi connectivity index (χ2v) is 6.48. The molecule has 0 aliphatic carbocycles. The lowest BCUT2D eigenvalue weighted by molar-refractivity contribution is 0.457. The zero-order chi connectivity index (χ0) is 14.0. The molecule has 2 rings (SSSR count). The normalized spacial score (nSPS) is 12.0. The topological polar surface area (TPSA) is 79.0 Å². The van der Waals surface area contributed by atoms with Gasteiger partial charge in [0.1, 0.15) is 12.2 Å². The van der Waals surface area contributed by atoms with Crippen LogP contribution in [0, 0.1) is 6.92 Å². The minimum atomic E-state index is -3.61. The number of sulfonamides is 1. The second-order valence-electron chi connectivity index (χ2n) is 4.06. The van der Waals surface area contributed by atoms with Gasteiger partial charge in [0, 0.05) is 12.1 Å². The summed E-state index contributed by atoms with van der Waals surface area (Å²) in [6.07, 6.45) is 1.33. The number of benzene rings is 1. The molecular weight excluding hydrogens is 288 g/mol. The first-order chi connectivity index (χ1) is 8.93. The third kappa shape index (κ3) is 2.78. The molecule has 2 aromatic rings. The van der Waals surface area contributed by atoms with E-state index in [1.165, 1.54) is 23.7 Å². The Kier molecular flexibility index (Phi) is 3.88. The van der Waals surface area contributed by atoms with E-state index in [1.54, 1.807) is 19.1 Å². The summed E-state index contributed by atoms with van der Waals surface area (Å²) in [5, 5.41) is 6.73. The Hall–Kier alpha value is -1.44. The van der Waals surface area contributed by atoms with Gasteiger partial charge in [0.05, 0.1) is 11.4 Å². The maximum Gasteiger partial charge on any atom is 0.243 e. The highest BCUT2D eigenvalue weighted by atomic mass is 35.5. The fraction of sp³-hybridized carbons (Fsp3) is 0.273. The Morgan fingerprint density at radius 2 is 2.16 bits per heavy atom. The van der Waals surface area contributed by atoms with Gasteiger partial charge < -0.3 is 0 Å². The number of aromatic nitrogens is 3. The van der Waals surface area contributed by atoms with Crippen molar-refractivity contribution < 1.29 is 8.42 Å². The van der Waals surface area contributed by atoms with Gasteiger partial charge in [-0.2, -0.15) is 9.40 Å². The molecule has 8 heteroatoms. The molecule has 0 saturated heterocycles. The standard InChI is InChI=1S/C11H13ClN4O2S/c1-8-9(12)4-3-5-10(8)19(17,18)16(2)6-11-13-7-14-15-11/h3-5,7H,6H2,1-2H3,(H,13,14,15). The van der Waals surface area contributed by atoms with Crippen LogP contribution < -0.4 is 0 Å². The summed E-state index contributed by atoms with van der Waals surface area (Å²) in [4.78, 5) is 4.10. The molecule has 0 saturated carbocycles. The van der Waals surface area contributed by atoms with Crippen molar-refractivity contribution in [1.82, 2.24) is 19.5 Å². The summed E-state index contributed by atoms with van der Waals surface area (Å²) in [6.45, 7) is 1.80. The van der Waals surface area contributed by atoms with Crippen LogP contribution in [-0.4, -0.2) is 35.0 Å². The first kappa shape index (κ1) is 14.0. The lowest BCUT2D eigenvalue weighted by Gasteiger charge is -2.17. The van der Waals surface area contributed by atoms with Crippen LogP contribution in [0.25, 0.3) is 0 Å². The van der Waals surface area contributed by atoms with E-state index in [2.05, 4.69) is 15.2 Å². The van der Waals surface area contributed by atoms with Crippen LogP contribution in [0.3, 0.4) is 0 Å². The summed E-state index contributed by atoms with van der Waals surface area (Å²) >= 11 is 5.96. The van der Waals surface area contributed by atoms with Crippen molar-refractivity contribution in [2.45, 2.75) is 18.4 Å². The average Bonchev–Trinajstić information content (AvgIpc) is 2.85. The van der Waals surface area contributed by atoms with Crippen LogP contribution in [0.5, 0.6) is 0 Å². The van der Waals surface area contributed by atoms with Gasteiger partial charge in [-0.25, -0.2) is 13.4 Å². The molecule has 0 aliphatic heterocycles. The number of H-pyrrole nitrogens is 1. The van der Waals surface area contributed by atoms with Crippen molar-refractivity contribution in [3.05, 3.63) is 40.9 Å². The number of hydrogen-bond acceptors (Lipinski definition) is 4. The van der Waals surface area contributed by atoms with Crippen molar-refractivity contribution in [2.75, 3.05) is 7.05 Å². The molecule has 0 radical (unpaired) electrons. The molecule has 1 heterocycles. The largest absolute Gasteiger partial charge is 0.262 e. The number of rotatable bonds is 4. The van der Waals surface area contributed by atoms with E-state index in [4.69, 9.17) is 11.6 Å². The van der Waals surface area contributed by atoms with E-state index in [0.717, 1.165) is 0 Å². The SMILES string of the molecule is Cc1c(Cl)cccc1S(=O)(=O)N(C)Cc1ncn[nH]1. The Bertz CT molecular complexity index is 670. The lowest BCUT2D eigenvalue weighted by atomic mass is 10.2. The molecular formula is C11H13ClN4O2S. The Labute approximate surface area is 116 Å². The quantitative estimate of drug-likeness (QED) is 0.930. The molecule has 19 heavy (non-hydrogen) atoms. The minimum Gasteiger partial charge on any atom is -0.262 e. The van der Waals surface area contributed by atoms with Gasteiger partial charge in [0.2, 0.25) is 10.0 Å². The lowest BCUT2D eigenvalue weighted by Crippen LogP contribution is -2.27. The predicted octanol–water partition coefficient (Wildman–Crippen LogP) is 1.59. The van der Waals surface area contributed by atoms with E-state index in [9.17, 15) is 8.42 Å². The van der Waals surface area contributed by atoms with E-state index >= 15 is 0 Å². The molecule has 6 nitrogen and oxygen atoms in total. The summed E-state index contributed by atoms with van der Waals surface area (Å²) in [7, 11) is -2.12. The van der Waals surface area contributed by atoms with Gasteiger partial charge in [-0.1, -0.05) is 17.7 Å². The van der Waals surface area contributed by atoms with Crippen LogP contribution in [0.2, 0.25) is 5.02 Å². The van der Waals surface area contributed by atoms with Crippen molar-refractivity contribution in [2.24, 2.45) is 0 Å². The first-order valence-electron chi connectivity index (χ1n) is 5.48. The van der Waals surface area contributed by atoms with Crippen molar-refractivity contribution in [3.63, 3.8) is 0 Å². The highest BCUT2D eigenvalue weighted by molar-refractivity contribution is 7.89. The van der Waals surface area contributed by atoms with Crippen LogP contribution in [0.4, 0.5) is 0 Å². The van der Waals surface area contributed by atoms with Crippen LogP contribution in [0.15, 0.2) is 29.4 Å². The average molecular weight is 301 g/mol. The molecule has 0 spiro atoms.